The summed E-state index contributed by atoms with van der Waals surface area (Å²) in [5.41, 5.74) is 4.64. The largest absolute Gasteiger partial charge is 0.494 e. The van der Waals surface area contributed by atoms with Gasteiger partial charge >= 0.3 is 0 Å². The Kier molecular flexibility index (Phi) is 10.6. The minimum Gasteiger partial charge on any atom is -0.494 e. The summed E-state index contributed by atoms with van der Waals surface area (Å²) in [5, 5.41) is 13.1. The second-order valence-corrected chi connectivity index (χ2v) is 7.71. The van der Waals surface area contributed by atoms with Crippen LogP contribution in [0.15, 0.2) is 59.7 Å². The van der Waals surface area contributed by atoms with E-state index in [-0.39, 0.29) is 0 Å². The highest BCUT2D eigenvalue weighted by Gasteiger charge is 2.15. The number of nitrogens with zero attached hydrogens (tertiary/aromatic N) is 1. The van der Waals surface area contributed by atoms with E-state index in [1.807, 2.05) is 23.3 Å². The number of nitrogens with one attached hydrogen (secondary N) is 2. The van der Waals surface area contributed by atoms with E-state index >= 15 is 0 Å². The maximum Gasteiger partial charge on any atom is 0.119 e. The number of hydroxylamine groups is 2. The fourth-order valence-electron chi connectivity index (χ4n) is 3.53. The molecule has 0 amide bonds. The molecule has 1 aliphatic rings. The Labute approximate surface area is 181 Å². The molecule has 30 heavy (non-hydrogen) atoms. The molecule has 0 heterocycles. The van der Waals surface area contributed by atoms with Crippen LogP contribution in [0.3, 0.4) is 0 Å². The van der Waals surface area contributed by atoms with Gasteiger partial charge in [0.2, 0.25) is 0 Å². The van der Waals surface area contributed by atoms with Crippen LogP contribution in [-0.4, -0.2) is 44.6 Å². The van der Waals surface area contributed by atoms with Gasteiger partial charge in [-0.1, -0.05) is 56.7 Å². The van der Waals surface area contributed by atoms with Gasteiger partial charge in [-0.25, -0.2) is 0 Å². The Balaban J connectivity index is 1.79. The minimum absolute atomic E-state index is 0.494. The minimum atomic E-state index is 0.494. The fourth-order valence-corrected chi connectivity index (χ4v) is 3.53. The van der Waals surface area contributed by atoms with E-state index in [0.29, 0.717) is 5.92 Å². The van der Waals surface area contributed by atoms with E-state index < -0.39 is 0 Å². The van der Waals surface area contributed by atoms with E-state index in [1.165, 1.54) is 17.4 Å². The lowest BCUT2D eigenvalue weighted by molar-refractivity contribution is -0.147. The monoisotopic (exact) mass is 411 g/mol. The Morgan fingerprint density at radius 1 is 1.27 bits per heavy atom. The van der Waals surface area contributed by atoms with Gasteiger partial charge in [0, 0.05) is 25.8 Å². The molecule has 2 rings (SSSR count). The number of hydrogen-bond acceptors (Lipinski definition) is 5. The van der Waals surface area contributed by atoms with E-state index in [1.54, 1.807) is 7.11 Å². The van der Waals surface area contributed by atoms with Crippen LogP contribution >= 0.6 is 0 Å². The van der Waals surface area contributed by atoms with Gasteiger partial charge in [-0.05, 0) is 54.1 Å². The molecule has 1 unspecified atom stereocenters. The molecule has 0 aliphatic heterocycles. The Bertz CT molecular complexity index is 737. The van der Waals surface area contributed by atoms with Crippen LogP contribution in [0.4, 0.5) is 0 Å². The summed E-state index contributed by atoms with van der Waals surface area (Å²) in [6.45, 7) is 12.3. The summed E-state index contributed by atoms with van der Waals surface area (Å²) < 4.78 is 5.66. The highest BCUT2D eigenvalue weighted by Crippen LogP contribution is 2.24. The molecule has 0 radical (unpaired) electrons. The standard InChI is InChI=1S/C25H37N3O2/c1-5-12-30-25-10-8-21(9-11-25)19-28(29-4)18-20(6-2)16-27-17-22-13-23(7-3)24(14-22)15-26/h7-11,14-15,20,26-27H,3,5-6,12-13,16-19H2,1-2,4H3. The molecule has 2 N–H and O–H groups in total. The SMILES string of the molecule is C=CC1=C(C=N)C=C(CNCC(CC)CN(Cc2ccc(OCCC)cc2)OC)C1. The van der Waals surface area contributed by atoms with Gasteiger partial charge in [0.05, 0.1) is 13.7 Å². The molecule has 1 aromatic rings. The number of rotatable bonds is 15. The topological polar surface area (TPSA) is 57.6 Å². The van der Waals surface area contributed by atoms with Crippen LogP contribution in [0.1, 0.15) is 38.7 Å². The van der Waals surface area contributed by atoms with Crippen LogP contribution in [-0.2, 0) is 11.4 Å². The molecule has 1 atom stereocenters. The first-order chi connectivity index (χ1) is 14.6. The van der Waals surface area contributed by atoms with Gasteiger partial charge in [-0.2, -0.15) is 5.06 Å². The zero-order valence-corrected chi connectivity index (χ0v) is 18.7. The van der Waals surface area contributed by atoms with Crippen LogP contribution in [0, 0.1) is 11.3 Å². The van der Waals surface area contributed by atoms with Crippen molar-refractivity contribution in [1.82, 2.24) is 10.4 Å². The van der Waals surface area contributed by atoms with Crippen molar-refractivity contribution in [1.29, 1.82) is 5.41 Å². The Hall–Kier alpha value is -2.21. The highest BCUT2D eigenvalue weighted by atomic mass is 16.7. The maximum atomic E-state index is 7.51. The van der Waals surface area contributed by atoms with Crippen LogP contribution in [0.2, 0.25) is 0 Å². The molecule has 0 spiro atoms. The molecule has 164 valence electrons. The van der Waals surface area contributed by atoms with Gasteiger partial charge in [0.15, 0.2) is 0 Å². The normalized spacial score (nSPS) is 14.7. The molecule has 5 heteroatoms. The first-order valence-corrected chi connectivity index (χ1v) is 10.9. The summed E-state index contributed by atoms with van der Waals surface area (Å²) in [4.78, 5) is 5.64. The molecule has 0 fully saturated rings. The van der Waals surface area contributed by atoms with Crippen molar-refractivity contribution in [3.63, 3.8) is 0 Å². The molecule has 5 nitrogen and oxygen atoms in total. The zero-order valence-electron chi connectivity index (χ0n) is 18.7. The molecular weight excluding hydrogens is 374 g/mol. The van der Waals surface area contributed by atoms with Crippen LogP contribution in [0.25, 0.3) is 0 Å². The average Bonchev–Trinajstić information content (AvgIpc) is 3.19. The molecule has 1 aliphatic carbocycles. The fraction of sp³-hybridized carbons (Fsp3) is 0.480. The van der Waals surface area contributed by atoms with E-state index in [0.717, 1.165) is 68.9 Å². The van der Waals surface area contributed by atoms with E-state index in [4.69, 9.17) is 15.0 Å². The maximum absolute atomic E-state index is 7.51. The quantitative estimate of drug-likeness (QED) is 0.318. The first-order valence-electron chi connectivity index (χ1n) is 10.9. The van der Waals surface area contributed by atoms with Crippen molar-refractivity contribution in [2.45, 2.75) is 39.7 Å². The second kappa shape index (κ2) is 13.2. The van der Waals surface area contributed by atoms with Crippen molar-refractivity contribution in [3.05, 3.63) is 65.3 Å². The third kappa shape index (κ3) is 7.56. The highest BCUT2D eigenvalue weighted by molar-refractivity contribution is 5.84. The molecule has 1 aromatic carbocycles. The van der Waals surface area contributed by atoms with Crippen molar-refractivity contribution in [2.24, 2.45) is 5.92 Å². The van der Waals surface area contributed by atoms with Gasteiger partial charge in [-0.15, -0.1) is 0 Å². The lowest BCUT2D eigenvalue weighted by Gasteiger charge is -2.25. The predicted octanol–water partition coefficient (Wildman–Crippen LogP) is 4.92. The third-order valence-electron chi connectivity index (χ3n) is 5.39. The van der Waals surface area contributed by atoms with Gasteiger partial charge in [-0.3, -0.25) is 0 Å². The number of ether oxygens (including phenoxy) is 1. The summed E-state index contributed by atoms with van der Waals surface area (Å²) >= 11 is 0. The summed E-state index contributed by atoms with van der Waals surface area (Å²) in [6.07, 6.45) is 8.36. The lowest BCUT2D eigenvalue weighted by Crippen LogP contribution is -2.34. The zero-order chi connectivity index (χ0) is 21.8. The van der Waals surface area contributed by atoms with Gasteiger partial charge in [0.1, 0.15) is 5.75 Å². The van der Waals surface area contributed by atoms with Crippen molar-refractivity contribution < 1.29 is 9.57 Å². The molecule has 0 saturated heterocycles. The van der Waals surface area contributed by atoms with Crippen LogP contribution in [0.5, 0.6) is 5.75 Å². The number of hydrogen-bond donors (Lipinski definition) is 2. The summed E-state index contributed by atoms with van der Waals surface area (Å²) in [6, 6.07) is 8.27. The van der Waals surface area contributed by atoms with E-state index in [9.17, 15) is 0 Å². The Morgan fingerprint density at radius 3 is 2.60 bits per heavy atom. The third-order valence-corrected chi connectivity index (χ3v) is 5.39. The molecule has 0 saturated carbocycles. The molecule has 0 bridgehead atoms. The first kappa shape index (κ1) is 24.1. The van der Waals surface area contributed by atoms with Gasteiger partial charge < -0.3 is 20.3 Å². The van der Waals surface area contributed by atoms with E-state index in [2.05, 4.69) is 44.0 Å². The smallest absolute Gasteiger partial charge is 0.119 e. The van der Waals surface area contributed by atoms with Gasteiger partial charge in [0.25, 0.3) is 0 Å². The molecule has 0 aromatic heterocycles. The summed E-state index contributed by atoms with van der Waals surface area (Å²) in [5.74, 6) is 1.41. The Morgan fingerprint density at radius 2 is 2.03 bits per heavy atom. The van der Waals surface area contributed by atoms with Crippen molar-refractivity contribution >= 4 is 6.21 Å². The van der Waals surface area contributed by atoms with Crippen molar-refractivity contribution in [3.8, 4) is 5.75 Å². The van der Waals surface area contributed by atoms with Crippen LogP contribution < -0.4 is 10.1 Å². The second-order valence-electron chi connectivity index (χ2n) is 7.71. The average molecular weight is 412 g/mol. The molecular formula is C25H37N3O2. The van der Waals surface area contributed by atoms with Crippen molar-refractivity contribution in [2.75, 3.05) is 33.4 Å². The number of allylic oxidation sites excluding steroid dienone is 4. The predicted molar refractivity (Wildman–Crippen MR) is 125 cm³/mol. The number of benzene rings is 1. The summed E-state index contributed by atoms with van der Waals surface area (Å²) in [7, 11) is 1.74. The lowest BCUT2D eigenvalue weighted by atomic mass is 10.1.